The summed E-state index contributed by atoms with van der Waals surface area (Å²) in [6, 6.07) is 2.15. The highest BCUT2D eigenvalue weighted by Gasteiger charge is 2.18. The van der Waals surface area contributed by atoms with Crippen LogP contribution in [-0.2, 0) is 4.74 Å². The van der Waals surface area contributed by atoms with E-state index in [0.29, 0.717) is 0 Å². The molecule has 0 aliphatic carbocycles. The van der Waals surface area contributed by atoms with Crippen molar-refractivity contribution in [1.82, 2.24) is 9.78 Å². The molecule has 2 aromatic rings. The van der Waals surface area contributed by atoms with Crippen LogP contribution < -0.4 is 0 Å². The van der Waals surface area contributed by atoms with Crippen LogP contribution in [0.15, 0.2) is 16.7 Å². The molecule has 1 aromatic heterocycles. The molecule has 1 aromatic carbocycles. The first-order valence-electron chi connectivity index (χ1n) is 6.43. The number of aryl methyl sites for hydroxylation is 1. The van der Waals surface area contributed by atoms with Crippen LogP contribution >= 0.6 is 15.9 Å². The predicted molar refractivity (Wildman–Crippen MR) is 75.7 cm³/mol. The third-order valence-corrected chi connectivity index (χ3v) is 4.74. The smallest absolute Gasteiger partial charge is 0.150 e. The van der Waals surface area contributed by atoms with E-state index in [0.717, 1.165) is 23.0 Å². The van der Waals surface area contributed by atoms with Crippen molar-refractivity contribution >= 4 is 26.8 Å². The molecule has 0 N–H and O–H groups in total. The molecule has 1 aliphatic rings. The zero-order chi connectivity index (χ0) is 12.7. The number of halogens is 1. The van der Waals surface area contributed by atoms with E-state index in [2.05, 4.69) is 47.1 Å². The van der Waals surface area contributed by atoms with Crippen LogP contribution in [0.1, 0.15) is 36.6 Å². The Labute approximate surface area is 115 Å². The fraction of sp³-hybridized carbons (Fsp3) is 0.500. The highest BCUT2D eigenvalue weighted by molar-refractivity contribution is 9.10. The number of hydrogen-bond donors (Lipinski definition) is 0. The summed E-state index contributed by atoms with van der Waals surface area (Å²) in [5.41, 5.74) is 3.59. The molecular weight excluding hydrogens is 292 g/mol. The zero-order valence-corrected chi connectivity index (χ0v) is 12.3. The average Bonchev–Trinajstić information content (AvgIpc) is 2.81. The third kappa shape index (κ3) is 1.97. The topological polar surface area (TPSA) is 27.1 Å². The van der Waals surface area contributed by atoms with Gasteiger partial charge in [-0.3, -0.25) is 0 Å². The number of nitrogens with zero attached hydrogens (tertiary/aromatic N) is 2. The Morgan fingerprint density at radius 3 is 2.94 bits per heavy atom. The first-order valence-corrected chi connectivity index (χ1v) is 7.22. The second kappa shape index (κ2) is 4.67. The lowest BCUT2D eigenvalue weighted by Crippen LogP contribution is -2.18. The Balaban J connectivity index is 2.07. The standard InChI is InChI=1S/C14H17BrN2O/c1-9-7-12-11(14(15)10(9)2)8-17(16-12)13-5-3-4-6-18-13/h7-8,13H,3-6H2,1-2H3. The van der Waals surface area contributed by atoms with Crippen LogP contribution in [0.5, 0.6) is 0 Å². The van der Waals surface area contributed by atoms with Crippen molar-refractivity contribution in [2.45, 2.75) is 39.3 Å². The van der Waals surface area contributed by atoms with Gasteiger partial charge in [0.15, 0.2) is 0 Å². The monoisotopic (exact) mass is 308 g/mol. The molecule has 0 spiro atoms. The SMILES string of the molecule is Cc1cc2nn(C3CCCCO3)cc2c(Br)c1C. The Morgan fingerprint density at radius 2 is 2.22 bits per heavy atom. The molecule has 96 valence electrons. The minimum Gasteiger partial charge on any atom is -0.357 e. The quantitative estimate of drug-likeness (QED) is 0.792. The number of hydrogen-bond acceptors (Lipinski definition) is 2. The van der Waals surface area contributed by atoms with Gasteiger partial charge in [-0.05, 0) is 66.2 Å². The summed E-state index contributed by atoms with van der Waals surface area (Å²) in [7, 11) is 0. The van der Waals surface area contributed by atoms with Crippen molar-refractivity contribution in [3.63, 3.8) is 0 Å². The van der Waals surface area contributed by atoms with Crippen molar-refractivity contribution in [2.24, 2.45) is 0 Å². The number of benzene rings is 1. The van der Waals surface area contributed by atoms with Crippen LogP contribution in [0.4, 0.5) is 0 Å². The molecular formula is C14H17BrN2O. The summed E-state index contributed by atoms with van der Waals surface area (Å²) in [5.74, 6) is 0. The van der Waals surface area contributed by atoms with E-state index in [1.165, 1.54) is 29.4 Å². The van der Waals surface area contributed by atoms with Gasteiger partial charge in [0.1, 0.15) is 6.23 Å². The van der Waals surface area contributed by atoms with E-state index in [4.69, 9.17) is 4.74 Å². The molecule has 3 rings (SSSR count). The van der Waals surface area contributed by atoms with Gasteiger partial charge >= 0.3 is 0 Å². The van der Waals surface area contributed by atoms with Gasteiger partial charge in [0, 0.05) is 22.7 Å². The summed E-state index contributed by atoms with van der Waals surface area (Å²) in [6.45, 7) is 5.10. The summed E-state index contributed by atoms with van der Waals surface area (Å²) in [6.07, 6.45) is 5.66. The van der Waals surface area contributed by atoms with E-state index in [1.54, 1.807) is 0 Å². The number of ether oxygens (including phenoxy) is 1. The molecule has 1 fully saturated rings. The second-order valence-corrected chi connectivity index (χ2v) is 5.79. The van der Waals surface area contributed by atoms with E-state index >= 15 is 0 Å². The van der Waals surface area contributed by atoms with Crippen molar-refractivity contribution in [1.29, 1.82) is 0 Å². The van der Waals surface area contributed by atoms with E-state index in [-0.39, 0.29) is 6.23 Å². The van der Waals surface area contributed by atoms with Crippen LogP contribution in [0.25, 0.3) is 10.9 Å². The molecule has 0 saturated carbocycles. The Kier molecular flexibility index (Phi) is 3.16. The minimum absolute atomic E-state index is 0.110. The van der Waals surface area contributed by atoms with Crippen molar-refractivity contribution < 1.29 is 4.74 Å². The highest BCUT2D eigenvalue weighted by Crippen LogP contribution is 2.31. The molecule has 1 atom stereocenters. The lowest BCUT2D eigenvalue weighted by atomic mass is 10.1. The molecule has 0 bridgehead atoms. The van der Waals surface area contributed by atoms with Crippen molar-refractivity contribution in [2.75, 3.05) is 6.61 Å². The van der Waals surface area contributed by atoms with Crippen LogP contribution in [0.2, 0.25) is 0 Å². The van der Waals surface area contributed by atoms with Crippen LogP contribution in [-0.4, -0.2) is 16.4 Å². The van der Waals surface area contributed by atoms with Crippen LogP contribution in [0, 0.1) is 13.8 Å². The summed E-state index contributed by atoms with van der Waals surface area (Å²) < 4.78 is 8.91. The lowest BCUT2D eigenvalue weighted by Gasteiger charge is -2.22. The van der Waals surface area contributed by atoms with E-state index < -0.39 is 0 Å². The fourth-order valence-corrected chi connectivity index (χ4v) is 3.07. The normalized spacial score (nSPS) is 20.5. The van der Waals surface area contributed by atoms with Crippen molar-refractivity contribution in [3.8, 4) is 0 Å². The minimum atomic E-state index is 0.110. The van der Waals surface area contributed by atoms with Gasteiger partial charge in [0.05, 0.1) is 5.52 Å². The van der Waals surface area contributed by atoms with Crippen LogP contribution in [0.3, 0.4) is 0 Å². The van der Waals surface area contributed by atoms with Gasteiger partial charge in [0.2, 0.25) is 0 Å². The fourth-order valence-electron chi connectivity index (χ4n) is 2.45. The Hall–Kier alpha value is -0.870. The lowest BCUT2D eigenvalue weighted by molar-refractivity contribution is -0.0390. The van der Waals surface area contributed by atoms with Gasteiger partial charge in [0.25, 0.3) is 0 Å². The summed E-state index contributed by atoms with van der Waals surface area (Å²) >= 11 is 3.67. The molecule has 2 heterocycles. The molecule has 18 heavy (non-hydrogen) atoms. The first-order chi connectivity index (χ1) is 8.66. The highest BCUT2D eigenvalue weighted by atomic mass is 79.9. The Bertz CT molecular complexity index is 585. The van der Waals surface area contributed by atoms with Gasteiger partial charge in [-0.2, -0.15) is 5.10 Å². The maximum Gasteiger partial charge on any atom is 0.150 e. The average molecular weight is 309 g/mol. The van der Waals surface area contributed by atoms with E-state index in [9.17, 15) is 0 Å². The summed E-state index contributed by atoms with van der Waals surface area (Å²) in [4.78, 5) is 0. The molecule has 1 aliphatic heterocycles. The zero-order valence-electron chi connectivity index (χ0n) is 10.7. The third-order valence-electron chi connectivity index (χ3n) is 3.72. The van der Waals surface area contributed by atoms with Gasteiger partial charge in [-0.25, -0.2) is 4.68 Å². The largest absolute Gasteiger partial charge is 0.357 e. The van der Waals surface area contributed by atoms with Crippen molar-refractivity contribution in [3.05, 3.63) is 27.9 Å². The number of fused-ring (bicyclic) bond motifs is 1. The second-order valence-electron chi connectivity index (χ2n) is 5.00. The molecule has 1 saturated heterocycles. The molecule has 3 nitrogen and oxygen atoms in total. The summed E-state index contributed by atoms with van der Waals surface area (Å²) in [5, 5.41) is 5.83. The number of rotatable bonds is 1. The van der Waals surface area contributed by atoms with Gasteiger partial charge in [-0.15, -0.1) is 0 Å². The molecule has 4 heteroatoms. The maximum absolute atomic E-state index is 5.78. The number of aromatic nitrogens is 2. The molecule has 0 amide bonds. The van der Waals surface area contributed by atoms with Gasteiger partial charge in [-0.1, -0.05) is 0 Å². The van der Waals surface area contributed by atoms with Gasteiger partial charge < -0.3 is 4.74 Å². The van der Waals surface area contributed by atoms with E-state index in [1.807, 2.05) is 4.68 Å². The first kappa shape index (κ1) is 12.2. The molecule has 0 radical (unpaired) electrons. The molecule has 1 unspecified atom stereocenters. The predicted octanol–water partition coefficient (Wildman–Crippen LogP) is 4.11. The maximum atomic E-state index is 5.78. The Morgan fingerprint density at radius 1 is 1.39 bits per heavy atom.